The van der Waals surface area contributed by atoms with Crippen LogP contribution in [-0.2, 0) is 33.6 Å². The van der Waals surface area contributed by atoms with Crippen molar-refractivity contribution in [3.63, 3.8) is 0 Å². The topological polar surface area (TPSA) is 93.8 Å². The number of aromatic hydroxyl groups is 1. The second-order valence-electron chi connectivity index (χ2n) is 12.9. The third kappa shape index (κ3) is 11.6. The number of carbonyl (C=O) groups excluding carboxylic acids is 3. The molecule has 0 aliphatic carbocycles. The van der Waals surface area contributed by atoms with Gasteiger partial charge in [-0.3, -0.25) is 14.4 Å². The first-order valence-corrected chi connectivity index (χ1v) is 19.7. The van der Waals surface area contributed by atoms with Crippen molar-refractivity contribution < 1.29 is 37.4 Å². The lowest BCUT2D eigenvalue weighted by Gasteiger charge is -2.13. The lowest BCUT2D eigenvalue weighted by atomic mass is 9.93. The molecule has 0 bridgehead atoms. The number of methoxy groups -OCH3 is 1. The second-order valence-corrected chi connectivity index (χ2v) is 13.9. The molecule has 0 aliphatic rings. The van der Waals surface area contributed by atoms with Gasteiger partial charge in [0.2, 0.25) is 0 Å². The molecule has 0 aliphatic heterocycles. The van der Waals surface area contributed by atoms with Gasteiger partial charge in [0, 0.05) is 70.1 Å². The predicted octanol–water partition coefficient (Wildman–Crippen LogP) is 10.4. The van der Waals surface area contributed by atoms with Crippen molar-refractivity contribution in [2.45, 2.75) is 19.3 Å². The summed E-state index contributed by atoms with van der Waals surface area (Å²) < 4.78 is 36.4. The van der Waals surface area contributed by atoms with Crippen molar-refractivity contribution in [2.24, 2.45) is 0 Å². The highest BCUT2D eigenvalue weighted by Crippen LogP contribution is 2.39. The van der Waals surface area contributed by atoms with Gasteiger partial charge in [0.1, 0.15) is 51.6 Å². The van der Waals surface area contributed by atoms with E-state index in [1.165, 1.54) is 0 Å². The van der Waals surface area contributed by atoms with Gasteiger partial charge in [-0.25, -0.2) is 8.78 Å². The highest BCUT2D eigenvalue weighted by molar-refractivity contribution is 7.81. The van der Waals surface area contributed by atoms with Crippen molar-refractivity contribution in [3.8, 4) is 33.8 Å². The van der Waals surface area contributed by atoms with Crippen LogP contribution in [0, 0.1) is 11.6 Å². The smallest absolute Gasteiger partial charge is 0.146 e. The number of hydrogen-bond acceptors (Lipinski definition) is 9. The number of ketones is 3. The van der Waals surface area contributed by atoms with Gasteiger partial charge in [0.05, 0.1) is 7.11 Å². The van der Waals surface area contributed by atoms with E-state index in [1.54, 1.807) is 7.11 Å². The molecule has 7 aromatic rings. The zero-order valence-electron chi connectivity index (χ0n) is 31.0. The van der Waals surface area contributed by atoms with E-state index in [4.69, 9.17) is 9.15 Å². The molecule has 0 spiro atoms. The molecule has 292 valence electrons. The number of hydrogen-bond donors (Lipinski definition) is 4. The largest absolute Gasteiger partial charge is 0.507 e. The lowest BCUT2D eigenvalue weighted by molar-refractivity contribution is -0.116. The van der Waals surface area contributed by atoms with Gasteiger partial charge in [0.25, 0.3) is 0 Å². The van der Waals surface area contributed by atoms with E-state index in [0.717, 1.165) is 73.5 Å². The average molecular weight is 823 g/mol. The van der Waals surface area contributed by atoms with Crippen LogP contribution in [0.5, 0.6) is 11.5 Å². The van der Waals surface area contributed by atoms with E-state index in [2.05, 4.69) is 37.9 Å². The summed E-state index contributed by atoms with van der Waals surface area (Å²) in [6.07, 6.45) is 0.640. The summed E-state index contributed by atoms with van der Waals surface area (Å²) in [7, 11) is 1.61. The standard InChI is InChI=1S/C21H18O2S.C16H14O3S.C9H8F2OS/c22-18(14-24)11-15-12-19(16-7-3-1-4-8-16)21(23)20(13-15)17-9-5-2-6-10-17;1-18-15-8-13-12-4-2-3-5-14(12)19-16(13)7-10(15)6-11(17)9-20;10-7-1-6(2-8(11)4-7)3-9(12)5-13/h1-10,12-13,23-24H,11,14H2;2-5,7-8,20H,6,9H2,1H3;1-2,4,13H,3,5H2. The molecule has 0 atom stereocenters. The normalized spacial score (nSPS) is 10.6. The molecular formula is C46H40F2O6S3. The van der Waals surface area contributed by atoms with E-state index in [1.807, 2.05) is 109 Å². The Balaban J connectivity index is 0.000000171. The maximum atomic E-state index is 12.6. The van der Waals surface area contributed by atoms with Gasteiger partial charge >= 0.3 is 0 Å². The first-order valence-electron chi connectivity index (χ1n) is 17.8. The molecule has 0 radical (unpaired) electrons. The van der Waals surface area contributed by atoms with Gasteiger partial charge < -0.3 is 14.3 Å². The zero-order valence-corrected chi connectivity index (χ0v) is 33.6. The fraction of sp³-hybridized carbons (Fsp3) is 0.152. The number of phenols is 1. The molecule has 1 N–H and O–H groups in total. The van der Waals surface area contributed by atoms with Gasteiger partial charge in [-0.15, -0.1) is 0 Å². The summed E-state index contributed by atoms with van der Waals surface area (Å²) in [5, 5.41) is 12.9. The minimum Gasteiger partial charge on any atom is -0.507 e. The second kappa shape index (κ2) is 20.7. The van der Waals surface area contributed by atoms with Crippen LogP contribution >= 0.6 is 37.9 Å². The van der Waals surface area contributed by atoms with Gasteiger partial charge in [-0.05, 0) is 64.7 Å². The van der Waals surface area contributed by atoms with Crippen molar-refractivity contribution in [3.05, 3.63) is 156 Å². The number of ether oxygens (including phenoxy) is 1. The Hall–Kier alpha value is -5.36. The molecule has 1 heterocycles. The van der Waals surface area contributed by atoms with Crippen molar-refractivity contribution in [1.29, 1.82) is 0 Å². The predicted molar refractivity (Wildman–Crippen MR) is 233 cm³/mol. The van der Waals surface area contributed by atoms with Crippen molar-refractivity contribution in [2.75, 3.05) is 24.4 Å². The Bertz CT molecular complexity index is 2410. The molecule has 0 saturated heterocycles. The summed E-state index contributed by atoms with van der Waals surface area (Å²) in [6.45, 7) is 0. The Labute approximate surface area is 346 Å². The maximum absolute atomic E-state index is 12.6. The quantitative estimate of drug-likeness (QED) is 0.0918. The van der Waals surface area contributed by atoms with E-state index < -0.39 is 11.6 Å². The monoisotopic (exact) mass is 822 g/mol. The van der Waals surface area contributed by atoms with Crippen molar-refractivity contribution in [1.82, 2.24) is 0 Å². The van der Waals surface area contributed by atoms with Crippen LogP contribution in [0.3, 0.4) is 0 Å². The third-order valence-corrected chi connectivity index (χ3v) is 9.82. The number of fused-ring (bicyclic) bond motifs is 3. The molecule has 6 aromatic carbocycles. The van der Waals surface area contributed by atoms with E-state index in [-0.39, 0.29) is 46.8 Å². The number of thiol groups is 3. The lowest BCUT2D eigenvalue weighted by Crippen LogP contribution is -2.05. The summed E-state index contributed by atoms with van der Waals surface area (Å²) >= 11 is 11.8. The average Bonchev–Trinajstić information content (AvgIpc) is 3.58. The van der Waals surface area contributed by atoms with Crippen LogP contribution in [-0.4, -0.2) is 46.8 Å². The van der Waals surface area contributed by atoms with Crippen LogP contribution in [0.1, 0.15) is 16.7 Å². The molecule has 0 saturated carbocycles. The first kappa shape index (κ1) is 42.8. The third-order valence-electron chi connectivity index (χ3n) is 8.76. The van der Waals surface area contributed by atoms with E-state index >= 15 is 0 Å². The van der Waals surface area contributed by atoms with Crippen LogP contribution < -0.4 is 4.74 Å². The zero-order chi connectivity index (χ0) is 40.9. The highest BCUT2D eigenvalue weighted by atomic mass is 32.1. The van der Waals surface area contributed by atoms with Gasteiger partial charge in [-0.1, -0.05) is 78.9 Å². The fourth-order valence-electron chi connectivity index (χ4n) is 6.14. The number of phenolic OH excluding ortho intramolecular Hbond substituents is 1. The molecule has 7 rings (SSSR count). The Morgan fingerprint density at radius 2 is 1.05 bits per heavy atom. The minimum absolute atomic E-state index is 0.0260. The molecule has 11 heteroatoms. The van der Waals surface area contributed by atoms with Gasteiger partial charge in [0.15, 0.2) is 0 Å². The maximum Gasteiger partial charge on any atom is 0.146 e. The van der Waals surface area contributed by atoms with Crippen LogP contribution in [0.2, 0.25) is 0 Å². The van der Waals surface area contributed by atoms with Crippen LogP contribution in [0.25, 0.3) is 44.2 Å². The molecule has 0 fully saturated rings. The molecule has 0 amide bonds. The number of para-hydroxylation sites is 1. The SMILES string of the molecule is COc1cc2c(cc1CC(=O)CS)oc1ccccc12.O=C(CS)Cc1cc(-c2ccccc2)c(O)c(-c2ccccc2)c1.O=C(CS)Cc1cc(F)cc(F)c1. The number of rotatable bonds is 12. The van der Waals surface area contributed by atoms with E-state index in [9.17, 15) is 28.3 Å². The van der Waals surface area contributed by atoms with Crippen LogP contribution in [0.4, 0.5) is 8.78 Å². The number of halogens is 2. The summed E-state index contributed by atoms with van der Waals surface area (Å²) in [5.74, 6) is 0.0804. The number of benzene rings is 6. The minimum atomic E-state index is -0.665. The van der Waals surface area contributed by atoms with E-state index in [0.29, 0.717) is 24.2 Å². The van der Waals surface area contributed by atoms with Gasteiger partial charge in [-0.2, -0.15) is 37.9 Å². The Morgan fingerprint density at radius 1 is 0.579 bits per heavy atom. The molecule has 1 aromatic heterocycles. The van der Waals surface area contributed by atoms with Crippen LogP contribution in [0.15, 0.2) is 132 Å². The van der Waals surface area contributed by atoms with Crippen molar-refractivity contribution >= 4 is 77.2 Å². The number of Topliss-reactive ketones (excluding diaryl/α,β-unsaturated/α-hetero) is 3. The highest BCUT2D eigenvalue weighted by Gasteiger charge is 2.16. The summed E-state index contributed by atoms with van der Waals surface area (Å²) in [6, 6.07) is 37.9. The Kier molecular flexibility index (Phi) is 15.5. The number of furan rings is 1. The first-order chi connectivity index (χ1) is 27.5. The molecular weight excluding hydrogens is 783 g/mol. The fourth-order valence-corrected chi connectivity index (χ4v) is 6.48. The number of carbonyl (C=O) groups is 3. The molecule has 0 unspecified atom stereocenters. The molecule has 6 nitrogen and oxygen atoms in total. The summed E-state index contributed by atoms with van der Waals surface area (Å²) in [4.78, 5) is 34.3. The molecule has 57 heavy (non-hydrogen) atoms. The Morgan fingerprint density at radius 3 is 1.56 bits per heavy atom. The summed E-state index contributed by atoms with van der Waals surface area (Å²) in [5.41, 5.74) is 6.98.